The second-order valence-electron chi connectivity index (χ2n) is 6.69. The first-order chi connectivity index (χ1) is 12.8. The summed E-state index contributed by atoms with van der Waals surface area (Å²) in [6.07, 6.45) is 1.75. The molecule has 1 saturated heterocycles. The molecule has 1 aromatic carbocycles. The molecule has 0 unspecified atom stereocenters. The van der Waals surface area contributed by atoms with Gasteiger partial charge in [-0.3, -0.25) is 4.79 Å². The maximum absolute atomic E-state index is 12.4. The van der Waals surface area contributed by atoms with Gasteiger partial charge < -0.3 is 14.8 Å². The summed E-state index contributed by atoms with van der Waals surface area (Å²) in [5.41, 5.74) is 1.04. The fourth-order valence-corrected chi connectivity index (χ4v) is 4.22. The van der Waals surface area contributed by atoms with Gasteiger partial charge in [-0.15, -0.1) is 0 Å². The predicted molar refractivity (Wildman–Crippen MR) is 103 cm³/mol. The molecule has 1 amide bonds. The van der Waals surface area contributed by atoms with Crippen LogP contribution in [-0.2, 0) is 21.4 Å². The quantitative estimate of drug-likeness (QED) is 0.701. The fraction of sp³-hybridized carbons (Fsp3) is 0.611. The molecule has 0 aromatic heterocycles. The third kappa shape index (κ3) is 5.33. The normalized spacial score (nSPS) is 16.3. The van der Waals surface area contributed by atoms with Crippen molar-refractivity contribution in [1.29, 1.82) is 0 Å². The molecule has 1 aromatic rings. The van der Waals surface area contributed by atoms with E-state index >= 15 is 0 Å². The van der Waals surface area contributed by atoms with Crippen molar-refractivity contribution in [2.24, 2.45) is 5.92 Å². The van der Waals surface area contributed by atoms with Gasteiger partial charge in [0.1, 0.15) is 0 Å². The highest BCUT2D eigenvalue weighted by atomic mass is 32.2. The van der Waals surface area contributed by atoms with Crippen LogP contribution < -0.4 is 14.8 Å². The molecule has 0 atom stereocenters. The Bertz CT molecular complexity index is 743. The lowest BCUT2D eigenvalue weighted by Gasteiger charge is -2.32. The van der Waals surface area contributed by atoms with Gasteiger partial charge in [-0.1, -0.05) is 6.07 Å². The average Bonchev–Trinajstić information content (AvgIpc) is 2.67. The molecule has 0 spiro atoms. The van der Waals surface area contributed by atoms with Gasteiger partial charge in [0, 0.05) is 39.6 Å². The summed E-state index contributed by atoms with van der Waals surface area (Å²) in [6.45, 7) is 1.26. The van der Waals surface area contributed by atoms with Gasteiger partial charge in [-0.25, -0.2) is 0 Å². The largest absolute Gasteiger partial charge is 0.493 e. The minimum Gasteiger partial charge on any atom is -0.493 e. The SMILES string of the molecule is COc1ccc(CCNC(=O)C2CCN(S(=O)(=O)N(C)C)CC2)cc1OC. The zero-order valence-electron chi connectivity index (χ0n) is 16.4. The van der Waals surface area contributed by atoms with Crippen molar-refractivity contribution in [2.45, 2.75) is 19.3 Å². The number of carbonyl (C=O) groups is 1. The van der Waals surface area contributed by atoms with Gasteiger partial charge in [0.05, 0.1) is 14.2 Å². The van der Waals surface area contributed by atoms with Gasteiger partial charge in [-0.2, -0.15) is 17.0 Å². The molecular weight excluding hydrogens is 370 g/mol. The van der Waals surface area contributed by atoms with Crippen LogP contribution in [0.5, 0.6) is 11.5 Å². The second kappa shape index (κ2) is 9.38. The van der Waals surface area contributed by atoms with Gasteiger partial charge >= 0.3 is 0 Å². The van der Waals surface area contributed by atoms with Crippen molar-refractivity contribution < 1.29 is 22.7 Å². The number of carbonyl (C=O) groups excluding carboxylic acids is 1. The van der Waals surface area contributed by atoms with Crippen LogP contribution in [0.2, 0.25) is 0 Å². The minimum atomic E-state index is -3.40. The number of piperidine rings is 1. The van der Waals surface area contributed by atoms with E-state index in [4.69, 9.17) is 9.47 Å². The van der Waals surface area contributed by atoms with Crippen molar-refractivity contribution in [3.63, 3.8) is 0 Å². The highest BCUT2D eigenvalue weighted by molar-refractivity contribution is 7.86. The number of amides is 1. The number of ether oxygens (including phenoxy) is 2. The molecule has 0 bridgehead atoms. The van der Waals surface area contributed by atoms with E-state index in [1.807, 2.05) is 18.2 Å². The van der Waals surface area contributed by atoms with Crippen molar-refractivity contribution >= 4 is 16.1 Å². The fourth-order valence-electron chi connectivity index (χ4n) is 3.09. The Labute approximate surface area is 161 Å². The van der Waals surface area contributed by atoms with E-state index in [0.717, 1.165) is 5.56 Å². The molecular formula is C18H29N3O5S. The van der Waals surface area contributed by atoms with Crippen LogP contribution in [0.1, 0.15) is 18.4 Å². The minimum absolute atomic E-state index is 0.0163. The van der Waals surface area contributed by atoms with E-state index in [9.17, 15) is 13.2 Å². The summed E-state index contributed by atoms with van der Waals surface area (Å²) >= 11 is 0. The van der Waals surface area contributed by atoms with Gasteiger partial charge in [-0.05, 0) is 37.0 Å². The average molecular weight is 400 g/mol. The van der Waals surface area contributed by atoms with Crippen LogP contribution >= 0.6 is 0 Å². The van der Waals surface area contributed by atoms with E-state index in [-0.39, 0.29) is 11.8 Å². The second-order valence-corrected chi connectivity index (χ2v) is 8.84. The molecule has 152 valence electrons. The Kier molecular flexibility index (Phi) is 7.46. The Morgan fingerprint density at radius 3 is 2.37 bits per heavy atom. The molecule has 27 heavy (non-hydrogen) atoms. The molecule has 1 N–H and O–H groups in total. The number of hydrogen-bond donors (Lipinski definition) is 1. The topological polar surface area (TPSA) is 88.2 Å². The van der Waals surface area contributed by atoms with Gasteiger partial charge in [0.2, 0.25) is 5.91 Å². The van der Waals surface area contributed by atoms with Crippen molar-refractivity contribution in [3.05, 3.63) is 23.8 Å². The summed E-state index contributed by atoms with van der Waals surface area (Å²) in [7, 11) is 2.81. The third-order valence-electron chi connectivity index (χ3n) is 4.77. The zero-order chi connectivity index (χ0) is 20.0. The first kappa shape index (κ1) is 21.5. The third-order valence-corrected chi connectivity index (χ3v) is 6.71. The van der Waals surface area contributed by atoms with E-state index in [1.54, 1.807) is 14.2 Å². The van der Waals surface area contributed by atoms with Crippen LogP contribution in [0, 0.1) is 5.92 Å². The number of nitrogens with one attached hydrogen (secondary N) is 1. The lowest BCUT2D eigenvalue weighted by Crippen LogP contribution is -2.47. The summed E-state index contributed by atoms with van der Waals surface area (Å²) < 4.78 is 37.4. The highest BCUT2D eigenvalue weighted by Crippen LogP contribution is 2.27. The first-order valence-electron chi connectivity index (χ1n) is 8.95. The highest BCUT2D eigenvalue weighted by Gasteiger charge is 2.32. The molecule has 0 radical (unpaired) electrons. The lowest BCUT2D eigenvalue weighted by atomic mass is 9.97. The molecule has 1 aliphatic rings. The number of rotatable bonds is 8. The van der Waals surface area contributed by atoms with Crippen LogP contribution in [0.3, 0.4) is 0 Å². The number of nitrogens with zero attached hydrogens (tertiary/aromatic N) is 2. The molecule has 1 fully saturated rings. The summed E-state index contributed by atoms with van der Waals surface area (Å²) in [5, 5.41) is 2.95. The molecule has 1 aliphatic heterocycles. The predicted octanol–water partition coefficient (Wildman–Crippen LogP) is 0.881. The zero-order valence-corrected chi connectivity index (χ0v) is 17.2. The lowest BCUT2D eigenvalue weighted by molar-refractivity contribution is -0.126. The molecule has 0 aliphatic carbocycles. The Morgan fingerprint density at radius 1 is 1.19 bits per heavy atom. The Hall–Kier alpha value is -1.84. The Balaban J connectivity index is 1.80. The van der Waals surface area contributed by atoms with Crippen LogP contribution in [0.15, 0.2) is 18.2 Å². The number of benzene rings is 1. The van der Waals surface area contributed by atoms with Crippen molar-refractivity contribution in [1.82, 2.24) is 13.9 Å². The molecule has 2 rings (SSSR count). The summed E-state index contributed by atoms with van der Waals surface area (Å²) in [5.74, 6) is 1.17. The first-order valence-corrected chi connectivity index (χ1v) is 10.4. The maximum Gasteiger partial charge on any atom is 0.281 e. The van der Waals surface area contributed by atoms with Crippen LogP contribution in [-0.4, -0.2) is 70.9 Å². The summed E-state index contributed by atoms with van der Waals surface area (Å²) in [6, 6.07) is 5.69. The number of methoxy groups -OCH3 is 2. The molecule has 9 heteroatoms. The van der Waals surface area contributed by atoms with Gasteiger partial charge in [0.25, 0.3) is 10.2 Å². The van der Waals surface area contributed by atoms with Crippen molar-refractivity contribution in [2.75, 3.05) is 47.9 Å². The maximum atomic E-state index is 12.4. The summed E-state index contributed by atoms with van der Waals surface area (Å²) in [4.78, 5) is 12.4. The number of hydrogen-bond acceptors (Lipinski definition) is 5. The van der Waals surface area contributed by atoms with Crippen molar-refractivity contribution in [3.8, 4) is 11.5 Å². The molecule has 8 nitrogen and oxygen atoms in total. The standard InChI is InChI=1S/C18H29N3O5S/c1-20(2)27(23,24)21-11-8-15(9-12-21)18(22)19-10-7-14-5-6-16(25-3)17(13-14)26-4/h5-6,13,15H,7-12H2,1-4H3,(H,19,22). The van der Waals surface area contributed by atoms with Crippen LogP contribution in [0.4, 0.5) is 0 Å². The molecule has 0 saturated carbocycles. The monoisotopic (exact) mass is 399 g/mol. The van der Waals surface area contributed by atoms with Gasteiger partial charge in [0.15, 0.2) is 11.5 Å². The smallest absolute Gasteiger partial charge is 0.281 e. The van der Waals surface area contributed by atoms with E-state index in [1.165, 1.54) is 22.7 Å². The van der Waals surface area contributed by atoms with Crippen LogP contribution in [0.25, 0.3) is 0 Å². The molecule has 1 heterocycles. The van der Waals surface area contributed by atoms with E-state index in [2.05, 4.69) is 5.32 Å². The van der Waals surface area contributed by atoms with E-state index < -0.39 is 10.2 Å². The van der Waals surface area contributed by atoms with E-state index in [0.29, 0.717) is 50.4 Å². The Morgan fingerprint density at radius 2 is 1.81 bits per heavy atom.